The van der Waals surface area contributed by atoms with Gasteiger partial charge in [0, 0.05) is 0 Å². The summed E-state index contributed by atoms with van der Waals surface area (Å²) in [5, 5.41) is 0. The molecule has 3 unspecified atom stereocenters. The van der Waals surface area contributed by atoms with Crippen LogP contribution in [-0.4, -0.2) is 0 Å². The fraction of sp³-hybridized carbons (Fsp3) is 1.00. The van der Waals surface area contributed by atoms with Crippen LogP contribution in [0.5, 0.6) is 0 Å². The summed E-state index contributed by atoms with van der Waals surface area (Å²) in [6, 6.07) is 0. The highest BCUT2D eigenvalue weighted by Crippen LogP contribution is 2.38. The van der Waals surface area contributed by atoms with E-state index in [0.29, 0.717) is 0 Å². The maximum atomic E-state index is 2.42. The zero-order valence-corrected chi connectivity index (χ0v) is 11.3. The summed E-state index contributed by atoms with van der Waals surface area (Å²) in [5.74, 6) is 3.93. The largest absolute Gasteiger partial charge is 0.0651 e. The van der Waals surface area contributed by atoms with E-state index < -0.39 is 0 Å². The molecular formula is C15H30. The Kier molecular flexibility index (Phi) is 5.71. The smallest absolute Gasteiger partial charge is 0.0363 e. The van der Waals surface area contributed by atoms with Crippen LogP contribution in [0.15, 0.2) is 0 Å². The number of hydrogen-bond donors (Lipinski definition) is 0. The second-order valence-electron chi connectivity index (χ2n) is 6.04. The summed E-state index contributed by atoms with van der Waals surface area (Å²) in [5.41, 5.74) is 0. The summed E-state index contributed by atoms with van der Waals surface area (Å²) in [6.45, 7) is 9.58. The van der Waals surface area contributed by atoms with E-state index in [2.05, 4.69) is 27.7 Å². The molecule has 0 heterocycles. The molecule has 1 rings (SSSR count). The first-order chi connectivity index (χ1) is 7.15. The van der Waals surface area contributed by atoms with Gasteiger partial charge in [-0.2, -0.15) is 0 Å². The summed E-state index contributed by atoms with van der Waals surface area (Å²) in [6.07, 6.45) is 10.3. The fourth-order valence-corrected chi connectivity index (χ4v) is 3.18. The van der Waals surface area contributed by atoms with Gasteiger partial charge in [0.15, 0.2) is 0 Å². The average molecular weight is 210 g/mol. The Morgan fingerprint density at radius 3 is 2.33 bits per heavy atom. The second kappa shape index (κ2) is 6.55. The van der Waals surface area contributed by atoms with Crippen molar-refractivity contribution in [2.45, 2.75) is 72.6 Å². The lowest BCUT2D eigenvalue weighted by Crippen LogP contribution is -2.24. The van der Waals surface area contributed by atoms with Crippen LogP contribution in [0.1, 0.15) is 72.6 Å². The topological polar surface area (TPSA) is 0 Å². The Bertz CT molecular complexity index is 159. The van der Waals surface area contributed by atoms with E-state index in [0.717, 1.165) is 23.7 Å². The Balaban J connectivity index is 2.36. The third-order valence-electron chi connectivity index (χ3n) is 4.55. The van der Waals surface area contributed by atoms with E-state index in [1.165, 1.54) is 44.9 Å². The van der Waals surface area contributed by atoms with Gasteiger partial charge in [0.05, 0.1) is 0 Å². The van der Waals surface area contributed by atoms with Crippen LogP contribution in [0.4, 0.5) is 0 Å². The molecule has 1 saturated carbocycles. The van der Waals surface area contributed by atoms with Crippen LogP contribution in [0.2, 0.25) is 0 Å². The lowest BCUT2D eigenvalue weighted by Gasteiger charge is -2.35. The molecule has 0 aliphatic heterocycles. The fourth-order valence-electron chi connectivity index (χ4n) is 3.18. The maximum absolute atomic E-state index is 2.42. The van der Waals surface area contributed by atoms with Gasteiger partial charge in [-0.25, -0.2) is 0 Å². The molecule has 15 heavy (non-hydrogen) atoms. The molecule has 0 nitrogen and oxygen atoms in total. The van der Waals surface area contributed by atoms with E-state index in [1.807, 2.05) is 0 Å². The molecule has 0 spiro atoms. The van der Waals surface area contributed by atoms with Gasteiger partial charge < -0.3 is 0 Å². The molecule has 0 aromatic carbocycles. The lowest BCUT2D eigenvalue weighted by atomic mass is 9.71. The van der Waals surface area contributed by atoms with Crippen molar-refractivity contribution in [1.82, 2.24) is 0 Å². The molecule has 90 valence electrons. The zero-order chi connectivity index (χ0) is 11.3. The molecule has 0 saturated heterocycles. The molecule has 0 amide bonds. The molecule has 1 aliphatic rings. The molecule has 0 heteroatoms. The van der Waals surface area contributed by atoms with Crippen molar-refractivity contribution in [3.63, 3.8) is 0 Å². The Morgan fingerprint density at radius 1 is 1.07 bits per heavy atom. The first-order valence-corrected chi connectivity index (χ1v) is 7.15. The van der Waals surface area contributed by atoms with Crippen molar-refractivity contribution in [2.75, 3.05) is 0 Å². The van der Waals surface area contributed by atoms with Crippen molar-refractivity contribution in [1.29, 1.82) is 0 Å². The van der Waals surface area contributed by atoms with Crippen LogP contribution in [0.3, 0.4) is 0 Å². The highest BCUT2D eigenvalue weighted by Gasteiger charge is 2.27. The molecule has 1 aliphatic carbocycles. The number of rotatable bonds is 5. The molecule has 3 atom stereocenters. The van der Waals surface area contributed by atoms with Crippen molar-refractivity contribution in [2.24, 2.45) is 23.7 Å². The van der Waals surface area contributed by atoms with E-state index >= 15 is 0 Å². The van der Waals surface area contributed by atoms with Gasteiger partial charge in [-0.15, -0.1) is 0 Å². The lowest BCUT2D eigenvalue weighted by molar-refractivity contribution is 0.162. The quantitative estimate of drug-likeness (QED) is 0.579. The van der Waals surface area contributed by atoms with Gasteiger partial charge in [0.1, 0.15) is 0 Å². The Labute approximate surface area is 96.8 Å². The average Bonchev–Trinajstić information content (AvgIpc) is 2.26. The Morgan fingerprint density at radius 2 is 1.73 bits per heavy atom. The van der Waals surface area contributed by atoms with Gasteiger partial charge in [0.2, 0.25) is 0 Å². The third-order valence-corrected chi connectivity index (χ3v) is 4.55. The van der Waals surface area contributed by atoms with Crippen LogP contribution >= 0.6 is 0 Å². The van der Waals surface area contributed by atoms with Crippen molar-refractivity contribution in [3.05, 3.63) is 0 Å². The van der Waals surface area contributed by atoms with Gasteiger partial charge in [-0.05, 0) is 36.5 Å². The van der Waals surface area contributed by atoms with E-state index in [4.69, 9.17) is 0 Å². The minimum absolute atomic E-state index is 0.909. The highest BCUT2D eigenvalue weighted by atomic mass is 14.3. The van der Waals surface area contributed by atoms with E-state index in [-0.39, 0.29) is 0 Å². The molecule has 1 fully saturated rings. The van der Waals surface area contributed by atoms with Gasteiger partial charge in [-0.3, -0.25) is 0 Å². The third kappa shape index (κ3) is 4.17. The number of hydrogen-bond acceptors (Lipinski definition) is 0. The first-order valence-electron chi connectivity index (χ1n) is 7.15. The predicted octanol–water partition coefficient (Wildman–Crippen LogP) is 5.28. The normalized spacial score (nSPS) is 29.4. The van der Waals surface area contributed by atoms with Gasteiger partial charge in [0.25, 0.3) is 0 Å². The Hall–Kier alpha value is 0. The van der Waals surface area contributed by atoms with E-state index in [1.54, 1.807) is 0 Å². The predicted molar refractivity (Wildman–Crippen MR) is 69.0 cm³/mol. The standard InChI is InChI=1S/C15H30/c1-5-13(4)10-11-14-8-6-7-9-15(14)12(2)3/h12-15H,5-11H2,1-4H3. The van der Waals surface area contributed by atoms with Gasteiger partial charge in [-0.1, -0.05) is 59.8 Å². The van der Waals surface area contributed by atoms with Crippen LogP contribution in [0.25, 0.3) is 0 Å². The van der Waals surface area contributed by atoms with Crippen molar-refractivity contribution >= 4 is 0 Å². The summed E-state index contributed by atoms with van der Waals surface area (Å²) in [4.78, 5) is 0. The zero-order valence-electron chi connectivity index (χ0n) is 11.3. The molecule has 0 aromatic heterocycles. The van der Waals surface area contributed by atoms with Crippen LogP contribution in [-0.2, 0) is 0 Å². The maximum Gasteiger partial charge on any atom is -0.0363 e. The van der Waals surface area contributed by atoms with Crippen molar-refractivity contribution < 1.29 is 0 Å². The summed E-state index contributed by atoms with van der Waals surface area (Å²) in [7, 11) is 0. The SMILES string of the molecule is CCC(C)CCC1CCCCC1C(C)C. The van der Waals surface area contributed by atoms with Crippen molar-refractivity contribution in [3.8, 4) is 0 Å². The summed E-state index contributed by atoms with van der Waals surface area (Å²) >= 11 is 0. The van der Waals surface area contributed by atoms with Crippen LogP contribution in [0, 0.1) is 23.7 Å². The highest BCUT2D eigenvalue weighted by molar-refractivity contribution is 4.78. The minimum atomic E-state index is 0.909. The van der Waals surface area contributed by atoms with E-state index in [9.17, 15) is 0 Å². The molecule has 0 bridgehead atoms. The minimum Gasteiger partial charge on any atom is -0.0651 e. The summed E-state index contributed by atoms with van der Waals surface area (Å²) < 4.78 is 0. The van der Waals surface area contributed by atoms with Crippen LogP contribution < -0.4 is 0 Å². The molecule has 0 radical (unpaired) electrons. The first kappa shape index (κ1) is 13.1. The van der Waals surface area contributed by atoms with Gasteiger partial charge >= 0.3 is 0 Å². The molecule has 0 N–H and O–H groups in total. The molecular weight excluding hydrogens is 180 g/mol. The molecule has 0 aromatic rings. The monoisotopic (exact) mass is 210 g/mol. The second-order valence-corrected chi connectivity index (χ2v) is 6.04.